The molecule has 1 heterocycles. The van der Waals surface area contributed by atoms with Crippen LogP contribution in [0.2, 0.25) is 0 Å². The summed E-state index contributed by atoms with van der Waals surface area (Å²) in [5.41, 5.74) is 1.64. The van der Waals surface area contributed by atoms with Crippen LogP contribution in [-0.4, -0.2) is 41.8 Å². The molecule has 102 valence electrons. The summed E-state index contributed by atoms with van der Waals surface area (Å²) in [5, 5.41) is 11.7. The van der Waals surface area contributed by atoms with Gasteiger partial charge in [0.05, 0.1) is 11.3 Å². The van der Waals surface area contributed by atoms with E-state index in [2.05, 4.69) is 23.3 Å². The molecular formula is C14H18N2O2S. The number of fused-ring (bicyclic) bond motifs is 4. The lowest BCUT2D eigenvalue weighted by Gasteiger charge is -2.50. The fourth-order valence-corrected chi connectivity index (χ4v) is 5.02. The van der Waals surface area contributed by atoms with Crippen molar-refractivity contribution in [1.29, 1.82) is 0 Å². The van der Waals surface area contributed by atoms with E-state index in [1.54, 1.807) is 11.8 Å². The average Bonchev–Trinajstić information content (AvgIpc) is 2.38. The van der Waals surface area contributed by atoms with Crippen LogP contribution in [-0.2, 0) is 11.2 Å². The second-order valence-corrected chi connectivity index (χ2v) is 7.05. The van der Waals surface area contributed by atoms with E-state index in [0.29, 0.717) is 19.4 Å². The van der Waals surface area contributed by atoms with Crippen molar-refractivity contribution in [2.24, 2.45) is 0 Å². The third-order valence-corrected chi connectivity index (χ3v) is 5.78. The Hall–Kier alpha value is -1.07. The maximum absolute atomic E-state index is 11.7. The van der Waals surface area contributed by atoms with Crippen molar-refractivity contribution in [3.8, 4) is 0 Å². The molecule has 2 aliphatic rings. The van der Waals surface area contributed by atoms with Gasteiger partial charge in [0.25, 0.3) is 0 Å². The van der Waals surface area contributed by atoms with Gasteiger partial charge >= 0.3 is 0 Å². The zero-order chi connectivity index (χ0) is 13.7. The molecular weight excluding hydrogens is 260 g/mol. The fraction of sp³-hybridized carbons (Fsp3) is 0.571. The van der Waals surface area contributed by atoms with Crippen molar-refractivity contribution < 1.29 is 4.92 Å². The maximum atomic E-state index is 11.7. The molecule has 1 aliphatic carbocycles. The van der Waals surface area contributed by atoms with Gasteiger partial charge in [-0.3, -0.25) is 15.0 Å². The van der Waals surface area contributed by atoms with E-state index in [1.807, 2.05) is 19.2 Å². The van der Waals surface area contributed by atoms with Crippen molar-refractivity contribution >= 4 is 11.8 Å². The van der Waals surface area contributed by atoms with Crippen molar-refractivity contribution in [2.45, 2.75) is 23.1 Å². The molecule has 1 aliphatic heterocycles. The molecule has 2 bridgehead atoms. The van der Waals surface area contributed by atoms with E-state index >= 15 is 0 Å². The Bertz CT molecular complexity index is 536. The number of nitrogens with zero attached hydrogens (tertiary/aromatic N) is 2. The summed E-state index contributed by atoms with van der Waals surface area (Å²) in [6, 6.07) is 8.24. The Balaban J connectivity index is 2.19. The average molecular weight is 278 g/mol. The monoisotopic (exact) mass is 278 g/mol. The summed E-state index contributed by atoms with van der Waals surface area (Å²) in [5.74, 6) is 0. The van der Waals surface area contributed by atoms with E-state index < -0.39 is 5.54 Å². The number of hydrogen-bond donors (Lipinski definition) is 0. The van der Waals surface area contributed by atoms with E-state index in [4.69, 9.17) is 0 Å². The molecule has 5 heteroatoms. The minimum Gasteiger partial charge on any atom is -0.298 e. The molecule has 0 spiro atoms. The first-order valence-electron chi connectivity index (χ1n) is 6.48. The summed E-state index contributed by atoms with van der Waals surface area (Å²) in [7, 11) is 2.00. The van der Waals surface area contributed by atoms with Crippen LogP contribution in [0, 0.1) is 10.1 Å². The normalized spacial score (nSPS) is 33.8. The number of hydrogen-bond acceptors (Lipinski definition) is 4. The van der Waals surface area contributed by atoms with Gasteiger partial charge in [0, 0.05) is 24.3 Å². The summed E-state index contributed by atoms with van der Waals surface area (Å²) >= 11 is 1.76. The first-order chi connectivity index (χ1) is 9.01. The molecule has 1 aromatic rings. The molecule has 19 heavy (non-hydrogen) atoms. The fourth-order valence-electron chi connectivity index (χ4n) is 3.84. The Labute approximate surface area is 117 Å². The first-order valence-corrected chi connectivity index (χ1v) is 7.70. The second kappa shape index (κ2) is 4.21. The first kappa shape index (κ1) is 12.9. The number of rotatable bonds is 2. The second-order valence-electron chi connectivity index (χ2n) is 5.86. The van der Waals surface area contributed by atoms with Crippen molar-refractivity contribution in [2.75, 3.05) is 26.4 Å². The van der Waals surface area contributed by atoms with E-state index in [0.717, 1.165) is 12.1 Å². The van der Waals surface area contributed by atoms with Crippen LogP contribution in [0.1, 0.15) is 17.5 Å². The highest BCUT2D eigenvalue weighted by atomic mass is 32.2. The zero-order valence-electron chi connectivity index (χ0n) is 11.3. The largest absolute Gasteiger partial charge is 0.298 e. The highest BCUT2D eigenvalue weighted by Gasteiger charge is 2.59. The van der Waals surface area contributed by atoms with Gasteiger partial charge in [-0.05, 0) is 24.4 Å². The molecule has 3 rings (SSSR count). The number of likely N-dealkylation sites (N-methyl/N-ethyl adjacent to an activating group) is 1. The lowest BCUT2D eigenvalue weighted by molar-refractivity contribution is -0.576. The van der Waals surface area contributed by atoms with Crippen LogP contribution in [0.25, 0.3) is 0 Å². The Kier molecular flexibility index (Phi) is 2.87. The Morgan fingerprint density at radius 2 is 2.11 bits per heavy atom. The lowest BCUT2D eigenvalue weighted by atomic mass is 9.69. The van der Waals surface area contributed by atoms with Gasteiger partial charge in [-0.2, -0.15) is 11.8 Å². The third kappa shape index (κ3) is 1.79. The maximum Gasteiger partial charge on any atom is 0.240 e. The SMILES string of the molecule is CSC12CN(C)CC([N+](=O)[O-])(Cc3ccccc31)C2. The van der Waals surface area contributed by atoms with Crippen molar-refractivity contribution in [3.63, 3.8) is 0 Å². The van der Waals surface area contributed by atoms with Crippen LogP contribution in [0.5, 0.6) is 0 Å². The van der Waals surface area contributed by atoms with Gasteiger partial charge in [0.2, 0.25) is 5.54 Å². The van der Waals surface area contributed by atoms with Crippen LogP contribution in [0.4, 0.5) is 0 Å². The predicted octanol–water partition coefficient (Wildman–Crippen LogP) is 2.15. The Morgan fingerprint density at radius 3 is 2.79 bits per heavy atom. The number of piperidine rings is 1. The number of thioether (sulfide) groups is 1. The molecule has 0 saturated carbocycles. The number of nitro groups is 1. The quantitative estimate of drug-likeness (QED) is 0.614. The smallest absolute Gasteiger partial charge is 0.240 e. The summed E-state index contributed by atoms with van der Waals surface area (Å²) in [4.78, 5) is 13.8. The Morgan fingerprint density at radius 1 is 1.37 bits per heavy atom. The highest BCUT2D eigenvalue weighted by Crippen LogP contribution is 2.52. The lowest BCUT2D eigenvalue weighted by Crippen LogP contribution is -2.63. The van der Waals surface area contributed by atoms with Crippen molar-refractivity contribution in [1.82, 2.24) is 4.90 Å². The molecule has 0 N–H and O–H groups in total. The molecule has 2 atom stereocenters. The molecule has 0 radical (unpaired) electrons. The van der Waals surface area contributed by atoms with Gasteiger partial charge < -0.3 is 0 Å². The summed E-state index contributed by atoms with van der Waals surface area (Å²) < 4.78 is -0.130. The van der Waals surface area contributed by atoms with Crippen LogP contribution < -0.4 is 0 Å². The summed E-state index contributed by atoms with van der Waals surface area (Å²) in [6.07, 6.45) is 3.28. The van der Waals surface area contributed by atoms with Crippen LogP contribution in [0.15, 0.2) is 24.3 Å². The van der Waals surface area contributed by atoms with Crippen LogP contribution in [0.3, 0.4) is 0 Å². The van der Waals surface area contributed by atoms with Crippen LogP contribution >= 0.6 is 11.8 Å². The van der Waals surface area contributed by atoms with E-state index in [-0.39, 0.29) is 9.67 Å². The van der Waals surface area contributed by atoms with Gasteiger partial charge in [-0.15, -0.1) is 0 Å². The van der Waals surface area contributed by atoms with Gasteiger partial charge in [0.15, 0.2) is 0 Å². The number of benzene rings is 1. The molecule has 1 saturated heterocycles. The van der Waals surface area contributed by atoms with Gasteiger partial charge in [-0.25, -0.2) is 0 Å². The standard InChI is InChI=1S/C14H18N2O2S/c1-15-9-13(16(17)18)7-11-5-3-4-6-12(11)14(8-13,10-15)19-2/h3-6H,7-10H2,1-2H3. The van der Waals surface area contributed by atoms with E-state index in [9.17, 15) is 10.1 Å². The molecule has 2 unspecified atom stereocenters. The predicted molar refractivity (Wildman–Crippen MR) is 77.2 cm³/mol. The summed E-state index contributed by atoms with van der Waals surface area (Å²) in [6.45, 7) is 1.44. The highest BCUT2D eigenvalue weighted by molar-refractivity contribution is 7.99. The van der Waals surface area contributed by atoms with Crippen molar-refractivity contribution in [3.05, 3.63) is 45.5 Å². The minimum absolute atomic E-state index is 0.0381. The van der Waals surface area contributed by atoms with Gasteiger partial charge in [-0.1, -0.05) is 24.3 Å². The van der Waals surface area contributed by atoms with E-state index in [1.165, 1.54) is 5.56 Å². The molecule has 1 fully saturated rings. The minimum atomic E-state index is -0.815. The zero-order valence-corrected chi connectivity index (χ0v) is 12.1. The topological polar surface area (TPSA) is 46.4 Å². The molecule has 0 aromatic heterocycles. The number of likely N-dealkylation sites (tertiary alicyclic amines) is 1. The molecule has 1 aromatic carbocycles. The van der Waals surface area contributed by atoms with Gasteiger partial charge in [0.1, 0.15) is 0 Å². The molecule has 4 nitrogen and oxygen atoms in total. The molecule has 0 amide bonds. The third-order valence-electron chi connectivity index (χ3n) is 4.51.